The Morgan fingerprint density at radius 3 is 2.13 bits per heavy atom. The smallest absolute Gasteiger partial charge is 0.253 e. The minimum Gasteiger partial charge on any atom is -0.348 e. The number of amides is 1. The zero-order chi connectivity index (χ0) is 23.2. The van der Waals surface area contributed by atoms with Gasteiger partial charge in [-0.1, -0.05) is 35.9 Å². The largest absolute Gasteiger partial charge is 0.348 e. The molecular weight excluding hydrogens is 390 g/mol. The standard InChI is InChI=1S/C18H18N2O.C5H11N.2CH2O/c1-13-5-7-15(8-6-13)11-19-18(21)16-10-17-14(2)4-3-9-20(17)12-16;1-6-4-2-3-5-6;2*1-2/h3-10,12H,11H2,1-2H3,(H,19,21);2-5H2,1H3;2*1H2. The Hall–Kier alpha value is -3.25. The number of nitrogens with zero attached hydrogens (tertiary/aromatic N) is 2. The van der Waals surface area contributed by atoms with E-state index in [1.54, 1.807) is 0 Å². The van der Waals surface area contributed by atoms with E-state index in [1.165, 1.54) is 31.5 Å². The molecule has 4 rings (SSSR count). The molecule has 1 fully saturated rings. The number of nitrogens with one attached hydrogen (secondary N) is 1. The Labute approximate surface area is 184 Å². The van der Waals surface area contributed by atoms with E-state index >= 15 is 0 Å². The molecule has 3 heterocycles. The van der Waals surface area contributed by atoms with Crippen LogP contribution >= 0.6 is 0 Å². The zero-order valence-electron chi connectivity index (χ0n) is 18.8. The zero-order valence-corrected chi connectivity index (χ0v) is 18.8. The van der Waals surface area contributed by atoms with Crippen molar-refractivity contribution in [3.8, 4) is 0 Å². The number of aryl methyl sites for hydroxylation is 2. The minimum atomic E-state index is -0.0429. The predicted molar refractivity (Wildman–Crippen MR) is 125 cm³/mol. The summed E-state index contributed by atoms with van der Waals surface area (Å²) in [6.07, 6.45) is 6.65. The number of hydrogen-bond donors (Lipinski definition) is 1. The number of pyridine rings is 1. The normalized spacial score (nSPS) is 12.5. The van der Waals surface area contributed by atoms with Crippen molar-refractivity contribution in [1.82, 2.24) is 14.6 Å². The SMILES string of the molecule is C=O.C=O.CN1CCCC1.Cc1ccc(CNC(=O)c2cc3c(C)cccn3c2)cc1. The number of benzene rings is 1. The van der Waals surface area contributed by atoms with Gasteiger partial charge in [0.15, 0.2) is 0 Å². The van der Waals surface area contributed by atoms with Crippen LogP contribution in [0, 0.1) is 13.8 Å². The second kappa shape index (κ2) is 13.9. The van der Waals surface area contributed by atoms with E-state index in [9.17, 15) is 4.79 Å². The van der Waals surface area contributed by atoms with Crippen LogP contribution in [0.25, 0.3) is 5.52 Å². The van der Waals surface area contributed by atoms with E-state index in [-0.39, 0.29) is 5.91 Å². The molecule has 0 unspecified atom stereocenters. The van der Waals surface area contributed by atoms with Gasteiger partial charge in [-0.3, -0.25) is 4.79 Å². The molecule has 0 atom stereocenters. The van der Waals surface area contributed by atoms with Crippen LogP contribution in [-0.2, 0) is 16.1 Å². The number of aromatic nitrogens is 1. The molecule has 1 aliphatic heterocycles. The highest BCUT2D eigenvalue weighted by Crippen LogP contribution is 2.14. The summed E-state index contributed by atoms with van der Waals surface area (Å²) < 4.78 is 1.98. The third-order valence-electron chi connectivity index (χ3n) is 5.01. The molecule has 1 aromatic carbocycles. The van der Waals surface area contributed by atoms with Crippen molar-refractivity contribution in [3.05, 3.63) is 77.1 Å². The summed E-state index contributed by atoms with van der Waals surface area (Å²) >= 11 is 0. The maximum atomic E-state index is 12.2. The summed E-state index contributed by atoms with van der Waals surface area (Å²) in [5.41, 5.74) is 5.25. The topological polar surface area (TPSA) is 70.9 Å². The number of rotatable bonds is 3. The Morgan fingerprint density at radius 1 is 1.00 bits per heavy atom. The number of carbonyl (C=O) groups excluding carboxylic acids is 3. The molecule has 1 aliphatic rings. The Balaban J connectivity index is 0.000000404. The van der Waals surface area contributed by atoms with Crippen LogP contribution in [0.1, 0.15) is 39.9 Å². The molecule has 0 bridgehead atoms. The fourth-order valence-corrected chi connectivity index (χ4v) is 3.27. The molecule has 0 spiro atoms. The predicted octanol–water partition coefficient (Wildman–Crippen LogP) is 3.83. The van der Waals surface area contributed by atoms with Crippen LogP contribution in [0.15, 0.2) is 54.9 Å². The molecule has 1 N–H and O–H groups in total. The van der Waals surface area contributed by atoms with E-state index in [1.807, 2.05) is 67.6 Å². The van der Waals surface area contributed by atoms with Gasteiger partial charge in [0.2, 0.25) is 0 Å². The summed E-state index contributed by atoms with van der Waals surface area (Å²) in [5, 5.41) is 2.96. The first-order valence-electron chi connectivity index (χ1n) is 10.2. The Bertz CT molecular complexity index is 927. The van der Waals surface area contributed by atoms with Crippen LogP contribution in [0.2, 0.25) is 0 Å². The monoisotopic (exact) mass is 423 g/mol. The van der Waals surface area contributed by atoms with Crippen molar-refractivity contribution >= 4 is 25.0 Å². The third-order valence-corrected chi connectivity index (χ3v) is 5.01. The molecule has 3 aromatic rings. The Morgan fingerprint density at radius 2 is 1.61 bits per heavy atom. The molecular formula is C25H33N3O3. The lowest BCUT2D eigenvalue weighted by atomic mass is 10.1. The lowest BCUT2D eigenvalue weighted by molar-refractivity contribution is -0.0987. The number of carbonyl (C=O) groups is 3. The van der Waals surface area contributed by atoms with Gasteiger partial charge < -0.3 is 24.2 Å². The lowest BCUT2D eigenvalue weighted by Gasteiger charge is -2.04. The number of hydrogen-bond acceptors (Lipinski definition) is 4. The Kier molecular flexibility index (Phi) is 11.5. The second-order valence-corrected chi connectivity index (χ2v) is 7.39. The van der Waals surface area contributed by atoms with Gasteiger partial charge in [0.25, 0.3) is 5.91 Å². The quantitative estimate of drug-likeness (QED) is 0.695. The fourth-order valence-electron chi connectivity index (χ4n) is 3.27. The van der Waals surface area contributed by atoms with Gasteiger partial charge in [0.1, 0.15) is 13.6 Å². The summed E-state index contributed by atoms with van der Waals surface area (Å²) in [5.74, 6) is -0.0429. The van der Waals surface area contributed by atoms with E-state index < -0.39 is 0 Å². The average molecular weight is 424 g/mol. The van der Waals surface area contributed by atoms with Crippen LogP contribution in [0.5, 0.6) is 0 Å². The molecule has 2 aromatic heterocycles. The van der Waals surface area contributed by atoms with Gasteiger partial charge in [-0.05, 0) is 70.1 Å². The molecule has 0 saturated carbocycles. The van der Waals surface area contributed by atoms with Crippen LogP contribution in [0.4, 0.5) is 0 Å². The maximum Gasteiger partial charge on any atom is 0.253 e. The summed E-state index contributed by atoms with van der Waals surface area (Å²) in [4.78, 5) is 30.6. The van der Waals surface area contributed by atoms with E-state index in [0.29, 0.717) is 12.1 Å². The van der Waals surface area contributed by atoms with Gasteiger partial charge in [-0.15, -0.1) is 0 Å². The van der Waals surface area contributed by atoms with Crippen LogP contribution in [0.3, 0.4) is 0 Å². The molecule has 6 nitrogen and oxygen atoms in total. The van der Waals surface area contributed by atoms with Gasteiger partial charge >= 0.3 is 0 Å². The van der Waals surface area contributed by atoms with Crippen molar-refractivity contribution in [2.75, 3.05) is 20.1 Å². The molecule has 6 heteroatoms. The molecule has 1 saturated heterocycles. The third kappa shape index (κ3) is 8.18. The fraction of sp³-hybridized carbons (Fsp3) is 0.320. The van der Waals surface area contributed by atoms with Crippen LogP contribution < -0.4 is 5.32 Å². The highest BCUT2D eigenvalue weighted by Gasteiger charge is 2.09. The molecule has 0 aliphatic carbocycles. The van der Waals surface area contributed by atoms with Gasteiger partial charge in [-0.25, -0.2) is 0 Å². The van der Waals surface area contributed by atoms with Crippen molar-refractivity contribution in [2.45, 2.75) is 33.2 Å². The minimum absolute atomic E-state index is 0.0429. The highest BCUT2D eigenvalue weighted by atomic mass is 16.1. The van der Waals surface area contributed by atoms with Gasteiger partial charge in [0.05, 0.1) is 5.56 Å². The number of likely N-dealkylation sites (tertiary alicyclic amines) is 1. The second-order valence-electron chi connectivity index (χ2n) is 7.39. The summed E-state index contributed by atoms with van der Waals surface area (Å²) in [6, 6.07) is 14.1. The van der Waals surface area contributed by atoms with Crippen molar-refractivity contribution in [1.29, 1.82) is 0 Å². The molecule has 0 radical (unpaired) electrons. The first-order chi connectivity index (χ1) is 15.0. The maximum absolute atomic E-state index is 12.2. The summed E-state index contributed by atoms with van der Waals surface area (Å²) in [6.45, 7) is 11.3. The molecule has 166 valence electrons. The molecule has 1 amide bonds. The van der Waals surface area contributed by atoms with Crippen molar-refractivity contribution < 1.29 is 14.4 Å². The molecule has 31 heavy (non-hydrogen) atoms. The van der Waals surface area contributed by atoms with Crippen molar-refractivity contribution in [3.63, 3.8) is 0 Å². The van der Waals surface area contributed by atoms with E-state index in [2.05, 4.69) is 36.3 Å². The van der Waals surface area contributed by atoms with E-state index in [0.717, 1.165) is 16.6 Å². The average Bonchev–Trinajstić information content (AvgIpc) is 3.46. The van der Waals surface area contributed by atoms with Crippen LogP contribution in [-0.4, -0.2) is 48.9 Å². The first kappa shape index (κ1) is 25.8. The van der Waals surface area contributed by atoms with E-state index in [4.69, 9.17) is 9.59 Å². The lowest BCUT2D eigenvalue weighted by Crippen LogP contribution is -2.22. The van der Waals surface area contributed by atoms with Gasteiger partial charge in [-0.2, -0.15) is 0 Å². The first-order valence-corrected chi connectivity index (χ1v) is 10.2. The van der Waals surface area contributed by atoms with Crippen molar-refractivity contribution in [2.24, 2.45) is 0 Å². The summed E-state index contributed by atoms with van der Waals surface area (Å²) in [7, 11) is 2.17. The highest BCUT2D eigenvalue weighted by molar-refractivity contribution is 5.95. The van der Waals surface area contributed by atoms with Gasteiger partial charge in [0, 0.05) is 24.5 Å². The number of fused-ring (bicyclic) bond motifs is 1.